The molecule has 1 amide bonds. The van der Waals surface area contributed by atoms with Crippen molar-refractivity contribution in [1.82, 2.24) is 10.3 Å². The van der Waals surface area contributed by atoms with Crippen LogP contribution in [0.2, 0.25) is 0 Å². The fraction of sp³-hybridized carbons (Fsp3) is 0.238. The second kappa shape index (κ2) is 7.80. The topological polar surface area (TPSA) is 67.2 Å². The van der Waals surface area contributed by atoms with Crippen molar-refractivity contribution in [1.29, 1.82) is 0 Å². The number of aromatic nitrogens is 1. The normalized spacial score (nSPS) is 11.9. The van der Waals surface area contributed by atoms with E-state index in [-0.39, 0.29) is 11.4 Å². The summed E-state index contributed by atoms with van der Waals surface area (Å²) in [6.07, 6.45) is 1.27. The predicted molar refractivity (Wildman–Crippen MR) is 103 cm³/mol. The average molecular weight is 385 g/mol. The van der Waals surface area contributed by atoms with Gasteiger partial charge >= 0.3 is 0 Å². The molecule has 0 aliphatic heterocycles. The first kappa shape index (κ1) is 19.5. The molecule has 2 aromatic carbocycles. The Hall–Kier alpha value is -3.22. The fourth-order valence-corrected chi connectivity index (χ4v) is 2.92. The second-order valence-corrected chi connectivity index (χ2v) is 6.59. The van der Waals surface area contributed by atoms with E-state index in [1.165, 1.54) is 25.4 Å². The lowest BCUT2D eigenvalue weighted by Crippen LogP contribution is -2.27. The minimum atomic E-state index is -0.725. The van der Waals surface area contributed by atoms with Crippen LogP contribution >= 0.6 is 0 Å². The number of amides is 1. The molecule has 146 valence electrons. The third-order valence-corrected chi connectivity index (χ3v) is 4.73. The molecule has 2 N–H and O–H groups in total. The van der Waals surface area contributed by atoms with Gasteiger partial charge in [0.25, 0.3) is 5.91 Å². The van der Waals surface area contributed by atoms with Crippen LogP contribution in [0.4, 0.5) is 14.5 Å². The number of benzene rings is 2. The van der Waals surface area contributed by atoms with Gasteiger partial charge in [-0.3, -0.25) is 4.79 Å². The zero-order valence-corrected chi connectivity index (χ0v) is 16.1. The van der Waals surface area contributed by atoms with Crippen molar-refractivity contribution in [2.45, 2.75) is 26.8 Å². The summed E-state index contributed by atoms with van der Waals surface area (Å²) in [4.78, 5) is 16.7. The summed E-state index contributed by atoms with van der Waals surface area (Å²) in [6, 6.07) is 7.49. The number of aryl methyl sites for hydroxylation is 1. The molecule has 1 aromatic heterocycles. The van der Waals surface area contributed by atoms with Crippen LogP contribution in [0.25, 0.3) is 11.5 Å². The first-order valence-electron chi connectivity index (χ1n) is 8.81. The lowest BCUT2D eigenvalue weighted by atomic mass is 10.0. The molecule has 0 fully saturated rings. The maximum atomic E-state index is 14.0. The van der Waals surface area contributed by atoms with Crippen molar-refractivity contribution in [3.63, 3.8) is 0 Å². The molecule has 5 nitrogen and oxygen atoms in total. The van der Waals surface area contributed by atoms with Gasteiger partial charge in [0.15, 0.2) is 5.69 Å². The van der Waals surface area contributed by atoms with Gasteiger partial charge in [0.1, 0.15) is 23.6 Å². The number of carbonyl (C=O) groups is 1. The lowest BCUT2D eigenvalue weighted by molar-refractivity contribution is 0.0934. The average Bonchev–Trinajstić information content (AvgIpc) is 3.13. The quantitative estimate of drug-likeness (QED) is 0.664. The number of nitrogens with one attached hydrogen (secondary N) is 2. The van der Waals surface area contributed by atoms with Crippen molar-refractivity contribution < 1.29 is 18.0 Å². The number of rotatable bonds is 5. The summed E-state index contributed by atoms with van der Waals surface area (Å²) >= 11 is 0. The molecule has 0 saturated carbocycles. The van der Waals surface area contributed by atoms with Gasteiger partial charge in [0, 0.05) is 12.6 Å². The number of nitrogens with zero attached hydrogens (tertiary/aromatic N) is 1. The first-order valence-corrected chi connectivity index (χ1v) is 8.81. The molecule has 0 spiro atoms. The minimum absolute atomic E-state index is 0.0931. The van der Waals surface area contributed by atoms with E-state index in [2.05, 4.69) is 15.6 Å². The SMILES string of the molecule is CNc1c(F)cc(C(C)NC(=O)c2coc(-c3cccc(C)c3C)n2)cc1F. The van der Waals surface area contributed by atoms with Gasteiger partial charge in [0.05, 0.1) is 6.04 Å². The van der Waals surface area contributed by atoms with Gasteiger partial charge in [-0.1, -0.05) is 12.1 Å². The number of anilines is 1. The van der Waals surface area contributed by atoms with Crippen LogP contribution in [-0.4, -0.2) is 17.9 Å². The van der Waals surface area contributed by atoms with Crippen molar-refractivity contribution >= 4 is 11.6 Å². The second-order valence-electron chi connectivity index (χ2n) is 6.59. The minimum Gasteiger partial charge on any atom is -0.444 e. The zero-order chi connectivity index (χ0) is 20.4. The Morgan fingerprint density at radius 3 is 2.50 bits per heavy atom. The Morgan fingerprint density at radius 1 is 1.18 bits per heavy atom. The first-order chi connectivity index (χ1) is 13.3. The molecule has 1 unspecified atom stereocenters. The van der Waals surface area contributed by atoms with Gasteiger partial charge in [-0.25, -0.2) is 13.8 Å². The van der Waals surface area contributed by atoms with Crippen LogP contribution in [-0.2, 0) is 0 Å². The molecule has 1 atom stereocenters. The molecule has 0 aliphatic carbocycles. The van der Waals surface area contributed by atoms with E-state index in [0.717, 1.165) is 16.7 Å². The third kappa shape index (κ3) is 3.74. The molecule has 0 saturated heterocycles. The Balaban J connectivity index is 1.79. The van der Waals surface area contributed by atoms with Crippen LogP contribution < -0.4 is 10.6 Å². The molecule has 0 radical (unpaired) electrons. The van der Waals surface area contributed by atoms with Crippen LogP contribution in [0, 0.1) is 25.5 Å². The van der Waals surface area contributed by atoms with Crippen LogP contribution in [0.3, 0.4) is 0 Å². The fourth-order valence-electron chi connectivity index (χ4n) is 2.92. The zero-order valence-electron chi connectivity index (χ0n) is 16.1. The smallest absolute Gasteiger partial charge is 0.273 e. The van der Waals surface area contributed by atoms with E-state index in [9.17, 15) is 13.6 Å². The number of hydrogen-bond acceptors (Lipinski definition) is 4. The van der Waals surface area contributed by atoms with Crippen molar-refractivity contribution in [3.05, 3.63) is 70.6 Å². The Morgan fingerprint density at radius 2 is 1.86 bits per heavy atom. The maximum absolute atomic E-state index is 14.0. The highest BCUT2D eigenvalue weighted by molar-refractivity contribution is 5.92. The summed E-state index contributed by atoms with van der Waals surface area (Å²) < 4.78 is 33.4. The van der Waals surface area contributed by atoms with E-state index in [1.54, 1.807) is 6.92 Å². The third-order valence-electron chi connectivity index (χ3n) is 4.73. The van der Waals surface area contributed by atoms with Gasteiger partial charge in [0.2, 0.25) is 5.89 Å². The molecular formula is C21H21F2N3O2. The van der Waals surface area contributed by atoms with E-state index in [0.29, 0.717) is 11.5 Å². The van der Waals surface area contributed by atoms with E-state index >= 15 is 0 Å². The summed E-state index contributed by atoms with van der Waals surface area (Å²) in [7, 11) is 1.43. The molecule has 0 aliphatic rings. The summed E-state index contributed by atoms with van der Waals surface area (Å²) in [6.45, 7) is 5.57. The molecule has 0 bridgehead atoms. The molecule has 7 heteroatoms. The number of halogens is 2. The van der Waals surface area contributed by atoms with Gasteiger partial charge in [-0.15, -0.1) is 0 Å². The summed E-state index contributed by atoms with van der Waals surface area (Å²) in [5.41, 5.74) is 3.09. The molecule has 1 heterocycles. The highest BCUT2D eigenvalue weighted by Gasteiger charge is 2.19. The number of carbonyl (C=O) groups excluding carboxylic acids is 1. The molecular weight excluding hydrogens is 364 g/mol. The number of oxazole rings is 1. The van der Waals surface area contributed by atoms with Crippen molar-refractivity contribution in [2.24, 2.45) is 0 Å². The van der Waals surface area contributed by atoms with E-state index in [4.69, 9.17) is 4.42 Å². The van der Waals surface area contributed by atoms with E-state index < -0.39 is 23.6 Å². The van der Waals surface area contributed by atoms with Gasteiger partial charge in [-0.2, -0.15) is 0 Å². The monoisotopic (exact) mass is 385 g/mol. The standard InChI is InChI=1S/C21H21F2N3O2/c1-11-6-5-7-15(12(11)2)21-26-18(10-28-21)20(27)25-13(3)14-8-16(22)19(24-4)17(23)9-14/h5-10,13,24H,1-4H3,(H,25,27). The van der Waals surface area contributed by atoms with Gasteiger partial charge < -0.3 is 15.1 Å². The van der Waals surface area contributed by atoms with Crippen LogP contribution in [0.15, 0.2) is 41.0 Å². The Bertz CT molecular complexity index is 1010. The highest BCUT2D eigenvalue weighted by atomic mass is 19.1. The molecule has 28 heavy (non-hydrogen) atoms. The number of hydrogen-bond donors (Lipinski definition) is 2. The summed E-state index contributed by atoms with van der Waals surface area (Å²) in [5.74, 6) is -1.60. The van der Waals surface area contributed by atoms with Crippen LogP contribution in [0.1, 0.15) is 40.1 Å². The molecule has 3 rings (SSSR count). The highest BCUT2D eigenvalue weighted by Crippen LogP contribution is 2.26. The Kier molecular flexibility index (Phi) is 5.44. The summed E-state index contributed by atoms with van der Waals surface area (Å²) in [5, 5.41) is 5.14. The maximum Gasteiger partial charge on any atom is 0.273 e. The van der Waals surface area contributed by atoms with Crippen molar-refractivity contribution in [3.8, 4) is 11.5 Å². The van der Waals surface area contributed by atoms with Crippen molar-refractivity contribution in [2.75, 3.05) is 12.4 Å². The van der Waals surface area contributed by atoms with Crippen LogP contribution in [0.5, 0.6) is 0 Å². The van der Waals surface area contributed by atoms with E-state index in [1.807, 2.05) is 32.0 Å². The van der Waals surface area contributed by atoms with Gasteiger partial charge in [-0.05, 0) is 55.7 Å². The predicted octanol–water partition coefficient (Wildman–Crippen LogP) is 4.77. The largest absolute Gasteiger partial charge is 0.444 e. The molecule has 3 aromatic rings. The Labute approximate surface area is 161 Å². The lowest BCUT2D eigenvalue weighted by Gasteiger charge is -2.15.